The zero-order chi connectivity index (χ0) is 18.0. The number of carbonyl (C=O) groups excluding carboxylic acids is 1. The lowest BCUT2D eigenvalue weighted by molar-refractivity contribution is -0.422. The van der Waals surface area contributed by atoms with Gasteiger partial charge in [-0.1, -0.05) is 27.4 Å². The predicted molar refractivity (Wildman–Crippen MR) is 92.4 cm³/mol. The Kier molecular flexibility index (Phi) is 2.90. The van der Waals surface area contributed by atoms with Crippen molar-refractivity contribution in [3.05, 3.63) is 12.2 Å². The van der Waals surface area contributed by atoms with Gasteiger partial charge < -0.3 is 14.9 Å². The van der Waals surface area contributed by atoms with Crippen molar-refractivity contribution in [3.8, 4) is 0 Å². The fourth-order valence-corrected chi connectivity index (χ4v) is 8.25. The number of aliphatic hydroxyl groups excluding tert-OH is 1. The molecule has 0 aromatic heterocycles. The van der Waals surface area contributed by atoms with Crippen molar-refractivity contribution in [2.45, 2.75) is 64.8 Å². The first kappa shape index (κ1) is 16.5. The van der Waals surface area contributed by atoms with E-state index in [0.717, 1.165) is 25.7 Å². The van der Waals surface area contributed by atoms with Crippen LogP contribution < -0.4 is 0 Å². The molecular weight excluding hydrogens is 316 g/mol. The zero-order valence-electron chi connectivity index (χ0n) is 15.5. The minimum absolute atomic E-state index is 0.00919. The number of carbonyl (C=O) groups is 1. The average Bonchev–Trinajstić information content (AvgIpc) is 2.68. The Morgan fingerprint density at radius 3 is 2.64 bits per heavy atom. The highest BCUT2D eigenvalue weighted by Gasteiger charge is 2.82. The van der Waals surface area contributed by atoms with Gasteiger partial charge in [0.05, 0.1) is 18.1 Å². The third-order valence-corrected chi connectivity index (χ3v) is 9.36. The molecule has 6 rings (SSSR count). The fraction of sp³-hybridized carbons (Fsp3) is 0.857. The van der Waals surface area contributed by atoms with Crippen LogP contribution >= 0.6 is 0 Å². The maximum absolute atomic E-state index is 13.5. The van der Waals surface area contributed by atoms with E-state index in [1.807, 2.05) is 0 Å². The van der Waals surface area contributed by atoms with Crippen LogP contribution in [0.3, 0.4) is 0 Å². The van der Waals surface area contributed by atoms with Crippen molar-refractivity contribution < 1.29 is 19.7 Å². The lowest BCUT2D eigenvalue weighted by Gasteiger charge is -2.73. The van der Waals surface area contributed by atoms with E-state index >= 15 is 0 Å². The maximum atomic E-state index is 13.5. The van der Waals surface area contributed by atoms with E-state index in [2.05, 4.69) is 27.4 Å². The molecule has 6 aliphatic rings. The van der Waals surface area contributed by atoms with E-state index in [0.29, 0.717) is 18.6 Å². The van der Waals surface area contributed by atoms with Gasteiger partial charge in [0.25, 0.3) is 0 Å². The lowest BCUT2D eigenvalue weighted by Crippen LogP contribution is -2.79. The highest BCUT2D eigenvalue weighted by Crippen LogP contribution is 2.77. The topological polar surface area (TPSA) is 66.8 Å². The largest absolute Gasteiger partial charge is 0.392 e. The first-order valence-electron chi connectivity index (χ1n) is 9.91. The van der Waals surface area contributed by atoms with Crippen LogP contribution in [0.1, 0.15) is 52.9 Å². The number of fused-ring (bicyclic) bond motifs is 2. The number of allylic oxidation sites excluding steroid dienone is 1. The van der Waals surface area contributed by atoms with Crippen molar-refractivity contribution >= 4 is 5.78 Å². The van der Waals surface area contributed by atoms with E-state index in [4.69, 9.17) is 4.74 Å². The molecule has 2 saturated heterocycles. The normalized spacial score (nSPS) is 58.8. The molecule has 4 bridgehead atoms. The van der Waals surface area contributed by atoms with Gasteiger partial charge in [-0.25, -0.2) is 0 Å². The molecule has 2 heterocycles. The SMILES string of the molecule is C=C1C(=O)[C@]23[C@H](C)[C@H]1CC[C@H]2[C@@]12CO[C@@]3(O)C[C@@H]1C(C)(C)CC[C@@H]2O. The highest BCUT2D eigenvalue weighted by molar-refractivity contribution is 6.04. The molecule has 0 aromatic rings. The molecular formula is C21H30O4. The molecule has 4 aliphatic carbocycles. The van der Waals surface area contributed by atoms with Gasteiger partial charge in [-0.05, 0) is 60.3 Å². The van der Waals surface area contributed by atoms with E-state index in [1.54, 1.807) is 0 Å². The first-order chi connectivity index (χ1) is 11.6. The second-order valence-corrected chi connectivity index (χ2v) is 10.2. The second kappa shape index (κ2) is 4.40. The number of hydrogen-bond acceptors (Lipinski definition) is 4. The second-order valence-electron chi connectivity index (χ2n) is 10.2. The average molecular weight is 346 g/mol. The summed E-state index contributed by atoms with van der Waals surface area (Å²) in [5.74, 6) is -1.03. The van der Waals surface area contributed by atoms with Gasteiger partial charge in [0.1, 0.15) is 0 Å². The van der Waals surface area contributed by atoms with Crippen LogP contribution in [0.4, 0.5) is 0 Å². The van der Waals surface area contributed by atoms with Gasteiger partial charge in [0, 0.05) is 11.8 Å². The summed E-state index contributed by atoms with van der Waals surface area (Å²) >= 11 is 0. The molecule has 0 amide bonds. The summed E-state index contributed by atoms with van der Waals surface area (Å²) in [5, 5.41) is 22.9. The number of hydrogen-bond donors (Lipinski definition) is 2. The van der Waals surface area contributed by atoms with Crippen molar-refractivity contribution in [3.63, 3.8) is 0 Å². The first-order valence-corrected chi connectivity index (χ1v) is 9.91. The van der Waals surface area contributed by atoms with E-state index in [-0.39, 0.29) is 34.9 Å². The van der Waals surface area contributed by atoms with E-state index < -0.39 is 22.7 Å². The van der Waals surface area contributed by atoms with Gasteiger partial charge in [-0.15, -0.1) is 0 Å². The zero-order valence-corrected chi connectivity index (χ0v) is 15.5. The Bertz CT molecular complexity index is 683. The molecule has 25 heavy (non-hydrogen) atoms. The molecule has 8 atom stereocenters. The van der Waals surface area contributed by atoms with Crippen molar-refractivity contribution in [2.24, 2.45) is 39.9 Å². The van der Waals surface area contributed by atoms with Gasteiger partial charge >= 0.3 is 0 Å². The minimum Gasteiger partial charge on any atom is -0.392 e. The van der Waals surface area contributed by atoms with Crippen molar-refractivity contribution in [2.75, 3.05) is 6.61 Å². The molecule has 0 unspecified atom stereocenters. The smallest absolute Gasteiger partial charge is 0.179 e. The van der Waals surface area contributed by atoms with Crippen molar-refractivity contribution in [1.29, 1.82) is 0 Å². The van der Waals surface area contributed by atoms with E-state index in [9.17, 15) is 15.0 Å². The highest BCUT2D eigenvalue weighted by atomic mass is 16.6. The Balaban J connectivity index is 1.77. The summed E-state index contributed by atoms with van der Waals surface area (Å²) in [5.41, 5.74) is -0.601. The number of Topliss-reactive ketones (excluding diaryl/α,β-unsaturated/α-hetero) is 1. The summed E-state index contributed by atoms with van der Waals surface area (Å²) in [6, 6.07) is 0. The summed E-state index contributed by atoms with van der Waals surface area (Å²) in [4.78, 5) is 13.5. The Hall–Kier alpha value is -0.710. The summed E-state index contributed by atoms with van der Waals surface area (Å²) in [6.45, 7) is 11.1. The van der Waals surface area contributed by atoms with Crippen LogP contribution in [-0.2, 0) is 9.53 Å². The number of aliphatic hydroxyl groups is 2. The number of rotatable bonds is 0. The third kappa shape index (κ3) is 1.45. The number of ether oxygens (including phenoxy) is 1. The fourth-order valence-electron chi connectivity index (χ4n) is 8.25. The van der Waals surface area contributed by atoms with Gasteiger partial charge in [0.2, 0.25) is 0 Å². The molecule has 138 valence electrons. The maximum Gasteiger partial charge on any atom is 0.179 e. The van der Waals surface area contributed by atoms with Crippen LogP contribution in [0, 0.1) is 39.9 Å². The van der Waals surface area contributed by atoms with Crippen molar-refractivity contribution in [1.82, 2.24) is 0 Å². The van der Waals surface area contributed by atoms with Crippen LogP contribution in [0.2, 0.25) is 0 Å². The van der Waals surface area contributed by atoms with Crippen LogP contribution in [-0.4, -0.2) is 34.5 Å². The van der Waals surface area contributed by atoms with Crippen LogP contribution in [0.5, 0.6) is 0 Å². The quantitative estimate of drug-likeness (QED) is 0.662. The summed E-state index contributed by atoms with van der Waals surface area (Å²) in [7, 11) is 0. The predicted octanol–water partition coefficient (Wildman–Crippen LogP) is 2.68. The molecule has 0 radical (unpaired) electrons. The molecule has 4 heteroatoms. The summed E-state index contributed by atoms with van der Waals surface area (Å²) in [6.07, 6.45) is 3.54. The Labute approximate surface area is 149 Å². The molecule has 4 nitrogen and oxygen atoms in total. The molecule has 2 N–H and O–H groups in total. The third-order valence-electron chi connectivity index (χ3n) is 9.36. The monoisotopic (exact) mass is 346 g/mol. The lowest BCUT2D eigenvalue weighted by atomic mass is 9.35. The van der Waals surface area contributed by atoms with Gasteiger partial charge in [-0.2, -0.15) is 0 Å². The summed E-state index contributed by atoms with van der Waals surface area (Å²) < 4.78 is 6.10. The van der Waals surface area contributed by atoms with Crippen LogP contribution in [0.25, 0.3) is 0 Å². The Morgan fingerprint density at radius 2 is 1.92 bits per heavy atom. The molecule has 0 aromatic carbocycles. The molecule has 4 saturated carbocycles. The minimum atomic E-state index is -1.41. The standard InChI is InChI=1S/C21H30O4/c1-11-13-5-6-14-19-10-25-20(24,21(14,12(13)2)17(11)23)9-15(19)18(3,4)8-7-16(19)22/h12-16,22,24H,1,5-10H2,2-4H3/t12-,13+,14+,15-,16+,19+,20+,21+/m1/s1. The van der Waals surface area contributed by atoms with E-state index in [1.165, 1.54) is 0 Å². The number of ketones is 1. The Morgan fingerprint density at radius 1 is 1.20 bits per heavy atom. The molecule has 6 fully saturated rings. The van der Waals surface area contributed by atoms with Gasteiger partial charge in [0.15, 0.2) is 11.6 Å². The van der Waals surface area contributed by atoms with Gasteiger partial charge in [-0.3, -0.25) is 4.79 Å². The van der Waals surface area contributed by atoms with Crippen LogP contribution in [0.15, 0.2) is 12.2 Å². The molecule has 2 aliphatic heterocycles. The molecule has 2 spiro atoms.